The lowest BCUT2D eigenvalue weighted by molar-refractivity contribution is -0.159. The summed E-state index contributed by atoms with van der Waals surface area (Å²) in [6.45, 7) is 3.93. The number of aromatic nitrogens is 2. The number of aliphatic hydroxyl groups excluding tert-OH is 1. The van der Waals surface area contributed by atoms with E-state index in [0.717, 1.165) is 0 Å². The van der Waals surface area contributed by atoms with Crippen molar-refractivity contribution in [2.24, 2.45) is 5.92 Å². The van der Waals surface area contributed by atoms with E-state index in [1.54, 1.807) is 6.92 Å². The average molecular weight is 357 g/mol. The molecule has 0 spiro atoms. The van der Waals surface area contributed by atoms with Crippen LogP contribution < -0.4 is 5.32 Å². The highest BCUT2D eigenvalue weighted by Gasteiger charge is 2.38. The van der Waals surface area contributed by atoms with Crippen LogP contribution in [0.25, 0.3) is 11.4 Å². The van der Waals surface area contributed by atoms with Crippen LogP contribution in [0.15, 0.2) is 28.8 Å². The number of hydrogen-bond donors (Lipinski definition) is 2. The van der Waals surface area contributed by atoms with E-state index < -0.39 is 18.2 Å². The van der Waals surface area contributed by atoms with Gasteiger partial charge >= 0.3 is 12.1 Å². The van der Waals surface area contributed by atoms with Gasteiger partial charge in [-0.05, 0) is 31.4 Å². The Labute approximate surface area is 142 Å². The molecule has 0 aliphatic heterocycles. The fourth-order valence-corrected chi connectivity index (χ4v) is 2.29. The van der Waals surface area contributed by atoms with Crippen molar-refractivity contribution in [3.8, 4) is 11.4 Å². The minimum absolute atomic E-state index is 0.0821. The van der Waals surface area contributed by atoms with Crippen LogP contribution in [0, 0.1) is 5.92 Å². The molecule has 2 rings (SSSR count). The normalized spacial score (nSPS) is 14.2. The Hall–Kier alpha value is -2.42. The highest BCUT2D eigenvalue weighted by molar-refractivity contribution is 5.95. The summed E-state index contributed by atoms with van der Waals surface area (Å²) < 4.78 is 41.7. The fraction of sp³-hybridized carbons (Fsp3) is 0.438. The van der Waals surface area contributed by atoms with E-state index in [0.29, 0.717) is 13.0 Å². The van der Waals surface area contributed by atoms with Gasteiger partial charge in [-0.15, -0.1) is 0 Å². The minimum atomic E-state index is -4.72. The molecule has 0 unspecified atom stereocenters. The van der Waals surface area contributed by atoms with Crippen molar-refractivity contribution in [1.82, 2.24) is 15.5 Å². The monoisotopic (exact) mass is 357 g/mol. The van der Waals surface area contributed by atoms with E-state index in [4.69, 9.17) is 0 Å². The molecule has 0 radical (unpaired) electrons. The van der Waals surface area contributed by atoms with Gasteiger partial charge in [-0.25, -0.2) is 0 Å². The van der Waals surface area contributed by atoms with Crippen molar-refractivity contribution in [2.45, 2.75) is 32.5 Å². The Kier molecular flexibility index (Phi) is 5.78. The van der Waals surface area contributed by atoms with Gasteiger partial charge in [-0.2, -0.15) is 18.2 Å². The van der Waals surface area contributed by atoms with Crippen molar-refractivity contribution < 1.29 is 27.6 Å². The summed E-state index contributed by atoms with van der Waals surface area (Å²) in [4.78, 5) is 15.5. The maximum Gasteiger partial charge on any atom is 0.471 e. The number of carbonyl (C=O) groups is 1. The van der Waals surface area contributed by atoms with Gasteiger partial charge in [0.25, 0.3) is 5.91 Å². The Morgan fingerprint density at radius 2 is 2.08 bits per heavy atom. The lowest BCUT2D eigenvalue weighted by Crippen LogP contribution is -2.29. The van der Waals surface area contributed by atoms with Crippen LogP contribution in [0.2, 0.25) is 0 Å². The van der Waals surface area contributed by atoms with Crippen LogP contribution in [0.5, 0.6) is 0 Å². The zero-order valence-corrected chi connectivity index (χ0v) is 13.7. The van der Waals surface area contributed by atoms with E-state index in [2.05, 4.69) is 20.0 Å². The van der Waals surface area contributed by atoms with Crippen LogP contribution in [0.3, 0.4) is 0 Å². The van der Waals surface area contributed by atoms with Gasteiger partial charge in [0.05, 0.1) is 6.10 Å². The molecule has 0 saturated carbocycles. The molecule has 0 aliphatic carbocycles. The zero-order chi connectivity index (χ0) is 18.6. The van der Waals surface area contributed by atoms with Crippen LogP contribution in [0.1, 0.15) is 36.5 Å². The van der Waals surface area contributed by atoms with Crippen LogP contribution in [-0.2, 0) is 6.18 Å². The molecule has 0 aliphatic rings. The summed E-state index contributed by atoms with van der Waals surface area (Å²) in [5, 5.41) is 15.3. The lowest BCUT2D eigenvalue weighted by Gasteiger charge is -2.14. The van der Waals surface area contributed by atoms with Gasteiger partial charge in [0.2, 0.25) is 5.82 Å². The zero-order valence-electron chi connectivity index (χ0n) is 13.7. The first-order chi connectivity index (χ1) is 11.7. The Bertz CT molecular complexity index is 729. The number of amides is 1. The van der Waals surface area contributed by atoms with Crippen molar-refractivity contribution in [1.29, 1.82) is 0 Å². The summed E-state index contributed by atoms with van der Waals surface area (Å²) in [7, 11) is 0. The summed E-state index contributed by atoms with van der Waals surface area (Å²) in [6.07, 6.45) is -4.64. The van der Waals surface area contributed by atoms with Crippen LogP contribution in [-0.4, -0.2) is 33.8 Å². The van der Waals surface area contributed by atoms with E-state index in [1.807, 2.05) is 6.92 Å². The average Bonchev–Trinajstić information content (AvgIpc) is 3.02. The third-order valence-corrected chi connectivity index (χ3v) is 3.41. The molecule has 1 heterocycles. The molecule has 2 aromatic rings. The number of alkyl halides is 3. The molecule has 2 atom stereocenters. The summed E-state index contributed by atoms with van der Waals surface area (Å²) in [6, 6.07) is 5.92. The molecule has 0 saturated heterocycles. The minimum Gasteiger partial charge on any atom is -0.393 e. The Morgan fingerprint density at radius 3 is 2.68 bits per heavy atom. The number of aliphatic hydroxyl groups is 1. The summed E-state index contributed by atoms with van der Waals surface area (Å²) >= 11 is 0. The lowest BCUT2D eigenvalue weighted by atomic mass is 10.0. The quantitative estimate of drug-likeness (QED) is 0.830. The van der Waals surface area contributed by atoms with Crippen molar-refractivity contribution in [2.75, 3.05) is 6.54 Å². The van der Waals surface area contributed by atoms with E-state index in [1.165, 1.54) is 24.3 Å². The van der Waals surface area contributed by atoms with Crippen molar-refractivity contribution in [3.05, 3.63) is 35.7 Å². The van der Waals surface area contributed by atoms with Crippen LogP contribution >= 0.6 is 0 Å². The number of nitrogens with zero attached hydrogens (tertiary/aromatic N) is 2. The number of nitrogens with one attached hydrogen (secondary N) is 1. The van der Waals surface area contributed by atoms with Crippen molar-refractivity contribution >= 4 is 5.91 Å². The third-order valence-electron chi connectivity index (χ3n) is 3.41. The Morgan fingerprint density at radius 1 is 1.36 bits per heavy atom. The van der Waals surface area contributed by atoms with Gasteiger partial charge in [0, 0.05) is 17.7 Å². The van der Waals surface area contributed by atoms with Gasteiger partial charge in [0.1, 0.15) is 0 Å². The second-order valence-electron chi connectivity index (χ2n) is 5.90. The topological polar surface area (TPSA) is 88.3 Å². The second-order valence-corrected chi connectivity index (χ2v) is 5.90. The molecular weight excluding hydrogens is 339 g/mol. The molecule has 9 heteroatoms. The number of halogens is 3. The maximum atomic E-state index is 12.5. The predicted octanol–water partition coefficient (Wildman–Crippen LogP) is 2.89. The number of rotatable bonds is 6. The van der Waals surface area contributed by atoms with E-state index in [9.17, 15) is 23.1 Å². The highest BCUT2D eigenvalue weighted by Crippen LogP contribution is 2.29. The molecule has 0 bridgehead atoms. The number of carbonyl (C=O) groups excluding carboxylic acids is 1. The molecule has 2 N–H and O–H groups in total. The van der Waals surface area contributed by atoms with E-state index >= 15 is 0 Å². The highest BCUT2D eigenvalue weighted by atomic mass is 19.4. The van der Waals surface area contributed by atoms with Gasteiger partial charge in [0.15, 0.2) is 0 Å². The maximum absolute atomic E-state index is 12.5. The van der Waals surface area contributed by atoms with Gasteiger partial charge in [-0.1, -0.05) is 24.2 Å². The molecule has 1 aromatic carbocycles. The predicted molar refractivity (Wildman–Crippen MR) is 82.5 cm³/mol. The van der Waals surface area contributed by atoms with Gasteiger partial charge in [-0.3, -0.25) is 4.79 Å². The molecule has 136 valence electrons. The van der Waals surface area contributed by atoms with E-state index in [-0.39, 0.29) is 28.8 Å². The van der Waals surface area contributed by atoms with Crippen molar-refractivity contribution in [3.63, 3.8) is 0 Å². The molecule has 6 nitrogen and oxygen atoms in total. The first kappa shape index (κ1) is 18.9. The third kappa shape index (κ3) is 5.28. The van der Waals surface area contributed by atoms with Crippen LogP contribution in [0.4, 0.5) is 13.2 Å². The SMILES string of the molecule is C[C@H](CNC(=O)c1cccc(-c2noc(C(F)(F)F)n2)c1)C[C@@H](C)O. The number of hydrogen-bond acceptors (Lipinski definition) is 5. The largest absolute Gasteiger partial charge is 0.471 e. The first-order valence-corrected chi connectivity index (χ1v) is 7.64. The standard InChI is InChI=1S/C16H18F3N3O3/c1-9(6-10(2)23)8-20-14(24)12-5-3-4-11(7-12)13-21-15(25-22-13)16(17,18)19/h3-5,7,9-10,23H,6,8H2,1-2H3,(H,20,24)/t9-,10+/m0/s1. The smallest absolute Gasteiger partial charge is 0.393 e. The summed E-state index contributed by atoms with van der Waals surface area (Å²) in [5.74, 6) is -1.98. The summed E-state index contributed by atoms with van der Waals surface area (Å²) in [5.41, 5.74) is 0.504. The molecule has 1 aromatic heterocycles. The molecular formula is C16H18F3N3O3. The fourth-order valence-electron chi connectivity index (χ4n) is 2.29. The Balaban J connectivity index is 2.08. The number of benzene rings is 1. The molecule has 25 heavy (non-hydrogen) atoms. The first-order valence-electron chi connectivity index (χ1n) is 7.64. The molecule has 1 amide bonds. The second kappa shape index (κ2) is 7.64. The molecule has 0 fully saturated rings. The van der Waals surface area contributed by atoms with Gasteiger partial charge < -0.3 is 14.9 Å².